The van der Waals surface area contributed by atoms with E-state index in [2.05, 4.69) is 91.6 Å². The Labute approximate surface area is 172 Å². The highest BCUT2D eigenvalue weighted by Crippen LogP contribution is 2.54. The van der Waals surface area contributed by atoms with Crippen molar-refractivity contribution in [2.24, 2.45) is 5.92 Å². The molecule has 1 aliphatic carbocycles. The van der Waals surface area contributed by atoms with Gasteiger partial charge >= 0.3 is 0 Å². The summed E-state index contributed by atoms with van der Waals surface area (Å²) in [5.74, 6) is 0.210. The molecule has 0 N–H and O–H groups in total. The van der Waals surface area contributed by atoms with Crippen molar-refractivity contribution in [1.29, 1.82) is 0 Å². The molecule has 1 aliphatic heterocycles. The van der Waals surface area contributed by atoms with Gasteiger partial charge in [0.05, 0.1) is 17.5 Å². The molecule has 3 aromatic carbocycles. The average Bonchev–Trinajstić information content (AvgIpc) is 3.08. The highest BCUT2D eigenvalue weighted by atomic mass is 16.2. The SMILES string of the molecule is CC(C)(c1ccccc1)N1C(=O)[C@H]2c3ccccc3C=C[C@H]2[C@@H]1c1ccccc1. The number of rotatable bonds is 3. The first-order valence-corrected chi connectivity index (χ1v) is 10.3. The lowest BCUT2D eigenvalue weighted by molar-refractivity contribution is -0.136. The van der Waals surface area contributed by atoms with Crippen LogP contribution in [-0.4, -0.2) is 10.8 Å². The lowest BCUT2D eigenvalue weighted by atomic mass is 9.77. The maximum Gasteiger partial charge on any atom is 0.232 e. The van der Waals surface area contributed by atoms with Crippen molar-refractivity contribution in [2.75, 3.05) is 0 Å². The van der Waals surface area contributed by atoms with Crippen LogP contribution in [0.2, 0.25) is 0 Å². The van der Waals surface area contributed by atoms with Crippen molar-refractivity contribution in [1.82, 2.24) is 4.90 Å². The van der Waals surface area contributed by atoms with E-state index in [1.54, 1.807) is 0 Å². The minimum absolute atomic E-state index is 0.00788. The van der Waals surface area contributed by atoms with Crippen LogP contribution < -0.4 is 0 Å². The van der Waals surface area contributed by atoms with Crippen LogP contribution >= 0.6 is 0 Å². The molecular formula is C27H25NO. The third-order valence-electron chi connectivity index (χ3n) is 6.58. The number of carbonyl (C=O) groups excluding carboxylic acids is 1. The summed E-state index contributed by atoms with van der Waals surface area (Å²) in [4.78, 5) is 16.1. The number of carbonyl (C=O) groups is 1. The molecule has 3 atom stereocenters. The Kier molecular flexibility index (Phi) is 4.16. The van der Waals surface area contributed by atoms with E-state index in [-0.39, 0.29) is 23.8 Å². The molecule has 1 heterocycles. The molecular weight excluding hydrogens is 354 g/mol. The summed E-state index contributed by atoms with van der Waals surface area (Å²) >= 11 is 0. The highest BCUT2D eigenvalue weighted by Gasteiger charge is 2.54. The summed E-state index contributed by atoms with van der Waals surface area (Å²) in [5, 5.41) is 0. The fourth-order valence-corrected chi connectivity index (χ4v) is 5.15. The quantitative estimate of drug-likeness (QED) is 0.552. The first kappa shape index (κ1) is 17.9. The van der Waals surface area contributed by atoms with Gasteiger partial charge in [0, 0.05) is 5.92 Å². The molecule has 2 aliphatic rings. The maximum atomic E-state index is 14.0. The van der Waals surface area contributed by atoms with Crippen molar-refractivity contribution < 1.29 is 4.79 Å². The molecule has 0 radical (unpaired) electrons. The lowest BCUT2D eigenvalue weighted by Gasteiger charge is -2.41. The van der Waals surface area contributed by atoms with Crippen LogP contribution in [-0.2, 0) is 10.3 Å². The van der Waals surface area contributed by atoms with Gasteiger partial charge in [0.25, 0.3) is 0 Å². The Hall–Kier alpha value is -3.13. The van der Waals surface area contributed by atoms with Crippen LogP contribution in [0.3, 0.4) is 0 Å². The Morgan fingerprint density at radius 3 is 2.14 bits per heavy atom. The van der Waals surface area contributed by atoms with Gasteiger partial charge in [-0.25, -0.2) is 0 Å². The Balaban J connectivity index is 1.69. The number of likely N-dealkylation sites (tertiary alicyclic amines) is 1. The molecule has 1 fully saturated rings. The Morgan fingerprint density at radius 2 is 1.41 bits per heavy atom. The molecule has 2 heteroatoms. The van der Waals surface area contributed by atoms with Crippen LogP contribution in [0.1, 0.15) is 48.1 Å². The van der Waals surface area contributed by atoms with Crippen molar-refractivity contribution in [3.8, 4) is 0 Å². The zero-order chi connectivity index (χ0) is 20.0. The Morgan fingerprint density at radius 1 is 0.793 bits per heavy atom. The van der Waals surface area contributed by atoms with E-state index in [1.807, 2.05) is 24.3 Å². The first-order chi connectivity index (χ1) is 14.1. The van der Waals surface area contributed by atoms with E-state index in [0.29, 0.717) is 0 Å². The van der Waals surface area contributed by atoms with Crippen LogP contribution in [0.15, 0.2) is 91.0 Å². The molecule has 0 spiro atoms. The number of fused-ring (bicyclic) bond motifs is 3. The first-order valence-electron chi connectivity index (χ1n) is 10.3. The summed E-state index contributed by atoms with van der Waals surface area (Å²) in [5.41, 5.74) is 4.25. The molecule has 0 unspecified atom stereocenters. The lowest BCUT2D eigenvalue weighted by Crippen LogP contribution is -2.44. The van der Waals surface area contributed by atoms with E-state index < -0.39 is 5.54 Å². The molecule has 0 saturated carbocycles. The number of hydrogen-bond donors (Lipinski definition) is 0. The second kappa shape index (κ2) is 6.73. The monoisotopic (exact) mass is 379 g/mol. The number of amides is 1. The number of nitrogens with zero attached hydrogens (tertiary/aromatic N) is 1. The zero-order valence-electron chi connectivity index (χ0n) is 16.8. The fourth-order valence-electron chi connectivity index (χ4n) is 5.15. The van der Waals surface area contributed by atoms with Crippen molar-refractivity contribution in [3.63, 3.8) is 0 Å². The molecule has 0 bridgehead atoms. The summed E-state index contributed by atoms with van der Waals surface area (Å²) in [6.45, 7) is 4.34. The average molecular weight is 380 g/mol. The normalized spacial score (nSPS) is 23.0. The predicted molar refractivity (Wildman–Crippen MR) is 117 cm³/mol. The van der Waals surface area contributed by atoms with Crippen molar-refractivity contribution in [3.05, 3.63) is 113 Å². The van der Waals surface area contributed by atoms with Crippen LogP contribution in [0, 0.1) is 5.92 Å². The standard InChI is InChI=1S/C27H25NO/c1-27(2,21-14-7-4-8-15-21)28-25(20-12-5-3-6-13-20)23-18-17-19-11-9-10-16-22(19)24(23)26(28)29/h3-18,23-25H,1-2H3/t23-,24+,25+/m1/s1. The zero-order valence-corrected chi connectivity index (χ0v) is 16.8. The summed E-state index contributed by atoms with van der Waals surface area (Å²) in [6.07, 6.45) is 4.45. The third kappa shape index (κ3) is 2.74. The smallest absolute Gasteiger partial charge is 0.232 e. The summed E-state index contributed by atoms with van der Waals surface area (Å²) < 4.78 is 0. The Bertz CT molecular complexity index is 1070. The summed E-state index contributed by atoms with van der Waals surface area (Å²) in [6, 6.07) is 29.2. The minimum atomic E-state index is -0.418. The van der Waals surface area contributed by atoms with E-state index in [0.717, 1.165) is 16.7 Å². The van der Waals surface area contributed by atoms with Crippen LogP contribution in [0.5, 0.6) is 0 Å². The maximum absolute atomic E-state index is 14.0. The predicted octanol–water partition coefficient (Wildman–Crippen LogP) is 5.93. The fraction of sp³-hybridized carbons (Fsp3) is 0.222. The molecule has 29 heavy (non-hydrogen) atoms. The largest absolute Gasteiger partial charge is 0.325 e. The molecule has 1 saturated heterocycles. The van der Waals surface area contributed by atoms with Crippen LogP contribution in [0.4, 0.5) is 0 Å². The molecule has 1 amide bonds. The van der Waals surface area contributed by atoms with Gasteiger partial charge in [-0.1, -0.05) is 97.1 Å². The number of hydrogen-bond acceptors (Lipinski definition) is 1. The highest BCUT2D eigenvalue weighted by molar-refractivity contribution is 5.91. The van der Waals surface area contributed by atoms with Crippen LogP contribution in [0.25, 0.3) is 6.08 Å². The second-order valence-corrected chi connectivity index (χ2v) is 8.53. The third-order valence-corrected chi connectivity index (χ3v) is 6.58. The number of benzene rings is 3. The van der Waals surface area contributed by atoms with Gasteiger partial charge < -0.3 is 4.90 Å². The molecule has 144 valence electrons. The molecule has 5 rings (SSSR count). The van der Waals surface area contributed by atoms with Gasteiger partial charge in [0.1, 0.15) is 0 Å². The van der Waals surface area contributed by atoms with Gasteiger partial charge in [0.2, 0.25) is 5.91 Å². The van der Waals surface area contributed by atoms with E-state index in [9.17, 15) is 4.79 Å². The molecule has 2 nitrogen and oxygen atoms in total. The van der Waals surface area contributed by atoms with Gasteiger partial charge in [-0.05, 0) is 36.1 Å². The second-order valence-electron chi connectivity index (χ2n) is 8.53. The minimum Gasteiger partial charge on any atom is -0.325 e. The topological polar surface area (TPSA) is 20.3 Å². The van der Waals surface area contributed by atoms with Gasteiger partial charge in [-0.3, -0.25) is 4.79 Å². The van der Waals surface area contributed by atoms with Crippen molar-refractivity contribution in [2.45, 2.75) is 31.3 Å². The van der Waals surface area contributed by atoms with Crippen molar-refractivity contribution >= 4 is 12.0 Å². The van der Waals surface area contributed by atoms with E-state index in [1.165, 1.54) is 5.56 Å². The van der Waals surface area contributed by atoms with E-state index >= 15 is 0 Å². The van der Waals surface area contributed by atoms with Gasteiger partial charge in [-0.15, -0.1) is 0 Å². The molecule has 0 aromatic heterocycles. The summed E-state index contributed by atoms with van der Waals surface area (Å²) in [7, 11) is 0. The van der Waals surface area contributed by atoms with Gasteiger partial charge in [0.15, 0.2) is 0 Å². The van der Waals surface area contributed by atoms with E-state index in [4.69, 9.17) is 0 Å². The van der Waals surface area contributed by atoms with Gasteiger partial charge in [-0.2, -0.15) is 0 Å². The molecule has 3 aromatic rings.